The second-order valence-electron chi connectivity index (χ2n) is 9.01. The van der Waals surface area contributed by atoms with Crippen molar-refractivity contribution in [1.82, 2.24) is 0 Å². The minimum atomic E-state index is -4.45. The predicted octanol–water partition coefficient (Wildman–Crippen LogP) is 7.09. The Morgan fingerprint density at radius 2 is 1.16 bits per heavy atom. The lowest BCUT2D eigenvalue weighted by atomic mass is 9.75. The SMILES string of the molecule is O=C(Nc1ccc(-c2ccc(C(=O)[C@@H]3CCCC[C@H]3C(=O)O)cc2)cc1)Nc1ccc(C(F)(F)F)cc1. The van der Waals surface area contributed by atoms with E-state index in [1.165, 1.54) is 12.1 Å². The normalized spacial score (nSPS) is 17.6. The van der Waals surface area contributed by atoms with Crippen LogP contribution in [-0.2, 0) is 11.0 Å². The fourth-order valence-electron chi connectivity index (χ4n) is 4.56. The molecule has 0 saturated heterocycles. The Morgan fingerprint density at radius 1 is 0.703 bits per heavy atom. The van der Waals surface area contributed by atoms with E-state index < -0.39 is 35.6 Å². The summed E-state index contributed by atoms with van der Waals surface area (Å²) >= 11 is 0. The lowest BCUT2D eigenvalue weighted by Gasteiger charge is -2.27. The van der Waals surface area contributed by atoms with Gasteiger partial charge in [0, 0.05) is 22.9 Å². The number of amides is 2. The quantitative estimate of drug-likeness (QED) is 0.309. The molecule has 192 valence electrons. The summed E-state index contributed by atoms with van der Waals surface area (Å²) < 4.78 is 38.0. The summed E-state index contributed by atoms with van der Waals surface area (Å²) in [5.41, 5.74) is 2.08. The molecule has 1 aliphatic carbocycles. The second kappa shape index (κ2) is 10.9. The van der Waals surface area contributed by atoms with E-state index in [0.717, 1.165) is 36.1 Å². The van der Waals surface area contributed by atoms with Crippen LogP contribution in [0.5, 0.6) is 0 Å². The summed E-state index contributed by atoms with van der Waals surface area (Å²) in [4.78, 5) is 36.7. The van der Waals surface area contributed by atoms with Gasteiger partial charge >= 0.3 is 18.2 Å². The molecule has 37 heavy (non-hydrogen) atoms. The first kappa shape index (κ1) is 25.9. The molecule has 0 unspecified atom stereocenters. The Morgan fingerprint density at radius 3 is 1.65 bits per heavy atom. The van der Waals surface area contributed by atoms with Gasteiger partial charge in [0.05, 0.1) is 11.5 Å². The number of carboxylic acids is 1. The molecule has 4 rings (SSSR count). The standard InChI is InChI=1S/C28H25F3N2O4/c29-28(30,31)20-11-15-22(16-12-20)33-27(37)32-21-13-9-18(10-14-21)17-5-7-19(8-6-17)25(34)23-3-1-2-4-24(23)26(35)36/h5-16,23-24H,1-4H2,(H,35,36)(H2,32,33,37)/t23-,24-/m1/s1. The molecule has 0 heterocycles. The summed E-state index contributed by atoms with van der Waals surface area (Å²) in [5, 5.41) is 14.6. The largest absolute Gasteiger partial charge is 0.481 e. The van der Waals surface area contributed by atoms with Crippen LogP contribution in [0.15, 0.2) is 72.8 Å². The molecule has 3 aromatic carbocycles. The molecule has 3 aromatic rings. The molecule has 6 nitrogen and oxygen atoms in total. The van der Waals surface area contributed by atoms with Gasteiger partial charge in [-0.3, -0.25) is 9.59 Å². The van der Waals surface area contributed by atoms with Gasteiger partial charge in [0.15, 0.2) is 5.78 Å². The Labute approximate surface area is 211 Å². The van der Waals surface area contributed by atoms with Gasteiger partial charge in [-0.15, -0.1) is 0 Å². The fraction of sp³-hybridized carbons (Fsp3) is 0.250. The number of nitrogens with one attached hydrogen (secondary N) is 2. The molecule has 0 bridgehead atoms. The van der Waals surface area contributed by atoms with E-state index >= 15 is 0 Å². The van der Waals surface area contributed by atoms with E-state index in [1.54, 1.807) is 48.5 Å². The highest BCUT2D eigenvalue weighted by atomic mass is 19.4. The third-order valence-corrected chi connectivity index (χ3v) is 6.54. The second-order valence-corrected chi connectivity index (χ2v) is 9.01. The lowest BCUT2D eigenvalue weighted by Crippen LogP contribution is -2.32. The monoisotopic (exact) mass is 510 g/mol. The maximum Gasteiger partial charge on any atom is 0.416 e. The maximum atomic E-state index is 12.9. The number of carbonyl (C=O) groups is 3. The molecule has 9 heteroatoms. The van der Waals surface area contributed by atoms with Crippen molar-refractivity contribution in [2.24, 2.45) is 11.8 Å². The van der Waals surface area contributed by atoms with Crippen molar-refractivity contribution in [2.75, 3.05) is 10.6 Å². The van der Waals surface area contributed by atoms with Crippen molar-refractivity contribution in [2.45, 2.75) is 31.9 Å². The summed E-state index contributed by atoms with van der Waals surface area (Å²) in [6.07, 6.45) is -1.68. The number of anilines is 2. The fourth-order valence-corrected chi connectivity index (χ4v) is 4.56. The van der Waals surface area contributed by atoms with E-state index in [0.29, 0.717) is 24.1 Å². The number of benzene rings is 3. The Kier molecular flexibility index (Phi) is 7.61. The van der Waals surface area contributed by atoms with Crippen molar-refractivity contribution in [1.29, 1.82) is 0 Å². The van der Waals surface area contributed by atoms with Crippen LogP contribution < -0.4 is 10.6 Å². The summed E-state index contributed by atoms with van der Waals surface area (Å²) in [7, 11) is 0. The molecule has 0 aliphatic heterocycles. The molecule has 2 atom stereocenters. The van der Waals surface area contributed by atoms with Gasteiger partial charge in [-0.25, -0.2) is 4.79 Å². The topological polar surface area (TPSA) is 95.5 Å². The third-order valence-electron chi connectivity index (χ3n) is 6.54. The molecule has 0 radical (unpaired) electrons. The van der Waals surface area contributed by atoms with Crippen LogP contribution in [0, 0.1) is 11.8 Å². The minimum Gasteiger partial charge on any atom is -0.481 e. The van der Waals surface area contributed by atoms with Gasteiger partial charge in [-0.1, -0.05) is 49.2 Å². The lowest BCUT2D eigenvalue weighted by molar-refractivity contribution is -0.144. The number of aliphatic carboxylic acids is 1. The van der Waals surface area contributed by atoms with Crippen LogP contribution in [0.3, 0.4) is 0 Å². The van der Waals surface area contributed by atoms with Crippen LogP contribution in [-0.4, -0.2) is 22.9 Å². The van der Waals surface area contributed by atoms with Gasteiger partial charge in [-0.05, 0) is 60.4 Å². The van der Waals surface area contributed by atoms with Gasteiger partial charge in [-0.2, -0.15) is 13.2 Å². The molecule has 0 aromatic heterocycles. The average Bonchev–Trinajstić information content (AvgIpc) is 2.88. The number of Topliss-reactive ketones (excluding diaryl/α,β-unsaturated/α-hetero) is 1. The smallest absolute Gasteiger partial charge is 0.416 e. The van der Waals surface area contributed by atoms with E-state index in [1.807, 2.05) is 0 Å². The van der Waals surface area contributed by atoms with Crippen LogP contribution in [0.1, 0.15) is 41.6 Å². The number of hydrogen-bond acceptors (Lipinski definition) is 3. The summed E-state index contributed by atoms with van der Waals surface area (Å²) in [6.45, 7) is 0. The average molecular weight is 511 g/mol. The summed E-state index contributed by atoms with van der Waals surface area (Å²) in [5.74, 6) is -2.21. The van der Waals surface area contributed by atoms with E-state index in [-0.39, 0.29) is 11.5 Å². The molecule has 0 spiro atoms. The highest BCUT2D eigenvalue weighted by Crippen LogP contribution is 2.33. The zero-order valence-corrected chi connectivity index (χ0v) is 19.7. The van der Waals surface area contributed by atoms with Gasteiger partial charge < -0.3 is 15.7 Å². The molecule has 3 N–H and O–H groups in total. The summed E-state index contributed by atoms with van der Waals surface area (Å²) in [6, 6.07) is 17.5. The van der Waals surface area contributed by atoms with E-state index in [9.17, 15) is 32.7 Å². The number of rotatable bonds is 6. The van der Waals surface area contributed by atoms with Gasteiger partial charge in [0.2, 0.25) is 0 Å². The minimum absolute atomic E-state index is 0.141. The first-order valence-corrected chi connectivity index (χ1v) is 11.8. The molecular weight excluding hydrogens is 485 g/mol. The Hall–Kier alpha value is -4.14. The number of halogens is 3. The van der Waals surface area contributed by atoms with Crippen LogP contribution in [0.25, 0.3) is 11.1 Å². The first-order valence-electron chi connectivity index (χ1n) is 11.8. The van der Waals surface area contributed by atoms with Crippen LogP contribution in [0.4, 0.5) is 29.3 Å². The number of carbonyl (C=O) groups excluding carboxylic acids is 2. The maximum absolute atomic E-state index is 12.9. The van der Waals surface area contributed by atoms with E-state index in [2.05, 4.69) is 10.6 Å². The highest BCUT2D eigenvalue weighted by Gasteiger charge is 2.36. The molecular formula is C28H25F3N2O4. The van der Waals surface area contributed by atoms with Crippen molar-refractivity contribution < 1.29 is 32.7 Å². The third kappa shape index (κ3) is 6.35. The Bertz CT molecular complexity index is 1270. The van der Waals surface area contributed by atoms with Crippen molar-refractivity contribution in [3.05, 3.63) is 83.9 Å². The number of carboxylic acid groups (broad SMARTS) is 1. The van der Waals surface area contributed by atoms with Gasteiger partial charge in [0.25, 0.3) is 0 Å². The predicted molar refractivity (Wildman–Crippen MR) is 133 cm³/mol. The number of hydrogen-bond donors (Lipinski definition) is 3. The van der Waals surface area contributed by atoms with Gasteiger partial charge in [0.1, 0.15) is 0 Å². The Balaban J connectivity index is 1.36. The van der Waals surface area contributed by atoms with Crippen molar-refractivity contribution >= 4 is 29.2 Å². The molecule has 1 saturated carbocycles. The van der Waals surface area contributed by atoms with Crippen molar-refractivity contribution in [3.8, 4) is 11.1 Å². The number of urea groups is 1. The van der Waals surface area contributed by atoms with Crippen LogP contribution in [0.2, 0.25) is 0 Å². The zero-order chi connectivity index (χ0) is 26.6. The zero-order valence-electron chi connectivity index (χ0n) is 19.7. The highest BCUT2D eigenvalue weighted by molar-refractivity contribution is 6.01. The first-order chi connectivity index (χ1) is 17.6. The van der Waals surface area contributed by atoms with Crippen molar-refractivity contribution in [3.63, 3.8) is 0 Å². The molecule has 2 amide bonds. The van der Waals surface area contributed by atoms with Crippen LogP contribution >= 0.6 is 0 Å². The number of ketones is 1. The molecule has 1 fully saturated rings. The number of alkyl halides is 3. The van der Waals surface area contributed by atoms with E-state index in [4.69, 9.17) is 0 Å². The molecule has 1 aliphatic rings.